The predicted octanol–water partition coefficient (Wildman–Crippen LogP) is 5.57. The van der Waals surface area contributed by atoms with Crippen molar-refractivity contribution in [1.82, 2.24) is 0 Å². The molecule has 7 heteroatoms. The molecule has 0 saturated carbocycles. The first-order valence-corrected chi connectivity index (χ1v) is 10.5. The minimum absolute atomic E-state index is 0.308. The van der Waals surface area contributed by atoms with Gasteiger partial charge in [-0.3, -0.25) is 0 Å². The maximum Gasteiger partial charge on any atom is 0.310 e. The summed E-state index contributed by atoms with van der Waals surface area (Å²) in [4.78, 5) is -1.88. The minimum Gasteiger partial charge on any atom is -0.127 e. The molecule has 0 spiro atoms. The van der Waals surface area contributed by atoms with Gasteiger partial charge in [-0.1, -0.05) is 45.0 Å². The van der Waals surface area contributed by atoms with Crippen molar-refractivity contribution < 1.29 is 19.4 Å². The highest BCUT2D eigenvalue weighted by Gasteiger charge is 2.65. The van der Waals surface area contributed by atoms with E-state index in [4.69, 9.17) is 0 Å². The normalized spacial score (nSPS) is 16.2. The molecule has 0 atom stereocenters. The molecule has 0 saturated heterocycles. The Labute approximate surface area is 104 Å². The van der Waals surface area contributed by atoms with E-state index in [1.54, 1.807) is 0 Å². The standard InChI is InChI=1S/C11H13F5SSi/c1-18(2,3)9-8-10-4-6-11(7-5-10)17(12,13,14,15)16/h4-7H,1-3H3. The fourth-order valence-corrected chi connectivity index (χ4v) is 2.22. The van der Waals surface area contributed by atoms with Gasteiger partial charge in [-0.25, -0.2) is 0 Å². The van der Waals surface area contributed by atoms with E-state index in [1.165, 1.54) is 0 Å². The van der Waals surface area contributed by atoms with Gasteiger partial charge in [-0.2, -0.15) is 0 Å². The van der Waals surface area contributed by atoms with Crippen molar-refractivity contribution in [3.05, 3.63) is 29.8 Å². The van der Waals surface area contributed by atoms with Crippen LogP contribution in [0.15, 0.2) is 29.2 Å². The van der Waals surface area contributed by atoms with Crippen LogP contribution in [0.25, 0.3) is 0 Å². The van der Waals surface area contributed by atoms with Gasteiger partial charge < -0.3 is 0 Å². The number of benzene rings is 1. The second-order valence-electron chi connectivity index (χ2n) is 4.99. The van der Waals surface area contributed by atoms with Crippen molar-refractivity contribution in [3.63, 3.8) is 0 Å². The zero-order valence-corrected chi connectivity index (χ0v) is 11.9. The zero-order valence-electron chi connectivity index (χ0n) is 10.1. The Kier molecular flexibility index (Phi) is 2.94. The molecule has 0 radical (unpaired) electrons. The fraction of sp³-hybridized carbons (Fsp3) is 0.273. The Balaban J connectivity index is 3.13. The van der Waals surface area contributed by atoms with Gasteiger partial charge in [0.05, 0.1) is 0 Å². The summed E-state index contributed by atoms with van der Waals surface area (Å²) in [6.07, 6.45) is 0. The number of hydrogen-bond acceptors (Lipinski definition) is 0. The first kappa shape index (κ1) is 15.1. The van der Waals surface area contributed by atoms with Gasteiger partial charge in [0, 0.05) is 5.56 Å². The molecule has 0 unspecified atom stereocenters. The molecule has 1 aromatic carbocycles. The summed E-state index contributed by atoms with van der Waals surface area (Å²) in [6.45, 7) is 5.93. The van der Waals surface area contributed by atoms with Crippen LogP contribution in [0.5, 0.6) is 0 Å². The number of hydrogen-bond donors (Lipinski definition) is 0. The molecule has 0 bridgehead atoms. The number of rotatable bonds is 1. The average molecular weight is 300 g/mol. The summed E-state index contributed by atoms with van der Waals surface area (Å²) >= 11 is 0. The van der Waals surface area contributed by atoms with Crippen molar-refractivity contribution in [2.45, 2.75) is 24.5 Å². The van der Waals surface area contributed by atoms with Crippen LogP contribution in [-0.4, -0.2) is 8.07 Å². The van der Waals surface area contributed by atoms with E-state index in [-0.39, 0.29) is 0 Å². The second-order valence-corrected chi connectivity index (χ2v) is 12.2. The van der Waals surface area contributed by atoms with Gasteiger partial charge in [-0.15, -0.1) is 5.54 Å². The van der Waals surface area contributed by atoms with Gasteiger partial charge in [0.15, 0.2) is 0 Å². The summed E-state index contributed by atoms with van der Waals surface area (Å²) in [5.74, 6) is 2.70. The maximum absolute atomic E-state index is 12.4. The van der Waals surface area contributed by atoms with Crippen LogP contribution in [0.1, 0.15) is 5.56 Å². The molecular weight excluding hydrogens is 287 g/mol. The van der Waals surface area contributed by atoms with Gasteiger partial charge in [0.1, 0.15) is 13.0 Å². The lowest BCUT2D eigenvalue weighted by molar-refractivity contribution is 0.364. The molecule has 0 aliphatic carbocycles. The van der Waals surface area contributed by atoms with E-state index in [1.807, 2.05) is 19.6 Å². The molecule has 1 aromatic rings. The highest BCUT2D eigenvalue weighted by atomic mass is 32.5. The molecule has 0 fully saturated rings. The summed E-state index contributed by atoms with van der Waals surface area (Å²) in [6, 6.07) is 2.71. The van der Waals surface area contributed by atoms with E-state index in [2.05, 4.69) is 11.5 Å². The van der Waals surface area contributed by atoms with E-state index >= 15 is 0 Å². The summed E-state index contributed by atoms with van der Waals surface area (Å²) in [5, 5.41) is 0. The van der Waals surface area contributed by atoms with Crippen LogP contribution >= 0.6 is 10.2 Å². The maximum atomic E-state index is 12.4. The second kappa shape index (κ2) is 3.51. The van der Waals surface area contributed by atoms with Crippen LogP contribution in [0.3, 0.4) is 0 Å². The van der Waals surface area contributed by atoms with Crippen LogP contribution in [0.4, 0.5) is 19.4 Å². The van der Waals surface area contributed by atoms with E-state index in [0.29, 0.717) is 17.7 Å². The van der Waals surface area contributed by atoms with Crippen LogP contribution < -0.4 is 0 Å². The van der Waals surface area contributed by atoms with Crippen molar-refractivity contribution in [1.29, 1.82) is 0 Å². The Hall–Kier alpha value is -1.00. The van der Waals surface area contributed by atoms with Gasteiger partial charge in [0.25, 0.3) is 0 Å². The number of halogens is 5. The molecule has 0 N–H and O–H groups in total. The highest BCUT2D eigenvalue weighted by Crippen LogP contribution is 3.02. The largest absolute Gasteiger partial charge is 0.310 e. The van der Waals surface area contributed by atoms with E-state index in [0.717, 1.165) is 12.1 Å². The van der Waals surface area contributed by atoms with E-state index in [9.17, 15) is 19.4 Å². The topological polar surface area (TPSA) is 0 Å². The average Bonchev–Trinajstić information content (AvgIpc) is 2.11. The first-order valence-electron chi connectivity index (χ1n) is 5.05. The van der Waals surface area contributed by atoms with E-state index < -0.39 is 23.2 Å². The third-order valence-corrected chi connectivity index (χ3v) is 3.92. The van der Waals surface area contributed by atoms with Gasteiger partial charge in [0.2, 0.25) is 0 Å². The molecule has 0 heterocycles. The van der Waals surface area contributed by atoms with Crippen molar-refractivity contribution in [3.8, 4) is 11.5 Å². The molecule has 0 nitrogen and oxygen atoms in total. The minimum atomic E-state index is -9.56. The third kappa shape index (κ3) is 4.70. The molecule has 18 heavy (non-hydrogen) atoms. The monoisotopic (exact) mass is 300 g/mol. The summed E-state index contributed by atoms with van der Waals surface area (Å²) < 4.78 is 62.1. The molecule has 1 rings (SSSR count). The lowest BCUT2D eigenvalue weighted by atomic mass is 10.2. The molecule has 0 aliphatic rings. The highest BCUT2D eigenvalue weighted by molar-refractivity contribution is 8.45. The fourth-order valence-electron chi connectivity index (χ4n) is 1.06. The smallest absolute Gasteiger partial charge is 0.127 e. The van der Waals surface area contributed by atoms with Crippen molar-refractivity contribution in [2.75, 3.05) is 0 Å². The van der Waals surface area contributed by atoms with Gasteiger partial charge in [-0.05, 0) is 24.3 Å². The molecule has 0 aromatic heterocycles. The van der Waals surface area contributed by atoms with Crippen LogP contribution in [0.2, 0.25) is 19.6 Å². The SMILES string of the molecule is C[Si](C)(C)C#Cc1ccc(S(F)(F)(F)(F)F)cc1. The quantitative estimate of drug-likeness (QED) is 0.361. The van der Waals surface area contributed by atoms with Crippen LogP contribution in [-0.2, 0) is 0 Å². The lowest BCUT2D eigenvalue weighted by Gasteiger charge is -2.40. The Morgan fingerprint density at radius 3 is 1.67 bits per heavy atom. The Morgan fingerprint density at radius 2 is 1.33 bits per heavy atom. The molecule has 0 aliphatic heterocycles. The Morgan fingerprint density at radius 1 is 0.889 bits per heavy atom. The summed E-state index contributed by atoms with van der Waals surface area (Å²) in [7, 11) is -11.2. The van der Waals surface area contributed by atoms with Crippen molar-refractivity contribution in [2.24, 2.45) is 0 Å². The first-order chi connectivity index (χ1) is 7.67. The lowest BCUT2D eigenvalue weighted by Crippen LogP contribution is -2.16. The third-order valence-electron chi connectivity index (χ3n) is 1.88. The predicted molar refractivity (Wildman–Crippen MR) is 68.1 cm³/mol. The molecule has 102 valence electrons. The Bertz CT molecular complexity index is 513. The van der Waals surface area contributed by atoms with Gasteiger partial charge >= 0.3 is 10.2 Å². The molecule has 0 amide bonds. The molecular formula is C11H13F5SSi. The summed E-state index contributed by atoms with van der Waals surface area (Å²) in [5.41, 5.74) is 3.25. The van der Waals surface area contributed by atoms with Crippen LogP contribution in [0, 0.1) is 11.5 Å². The zero-order chi connectivity index (χ0) is 14.3. The van der Waals surface area contributed by atoms with Crippen molar-refractivity contribution >= 4 is 18.3 Å².